The zero-order valence-corrected chi connectivity index (χ0v) is 11.5. The molecule has 0 aliphatic rings. The lowest BCUT2D eigenvalue weighted by Crippen LogP contribution is -1.96. The maximum Gasteiger partial charge on any atom is -0.0236 e. The molecule has 0 saturated carbocycles. The van der Waals surface area contributed by atoms with Gasteiger partial charge in [-0.05, 0) is 43.9 Å². The van der Waals surface area contributed by atoms with Gasteiger partial charge in [0.15, 0.2) is 0 Å². The highest BCUT2D eigenvalue weighted by atomic mass is 14.1. The van der Waals surface area contributed by atoms with Gasteiger partial charge >= 0.3 is 0 Å². The summed E-state index contributed by atoms with van der Waals surface area (Å²) < 4.78 is 0. The summed E-state index contributed by atoms with van der Waals surface area (Å²) in [6.45, 7) is 10.7. The van der Waals surface area contributed by atoms with Crippen molar-refractivity contribution in [3.63, 3.8) is 0 Å². The highest BCUT2D eigenvalue weighted by Gasteiger charge is 2.03. The molecule has 2 unspecified atom stereocenters. The maximum absolute atomic E-state index is 3.82. The Bertz CT molecular complexity index is 178. The number of hydrogen-bond donors (Lipinski definition) is 0. The monoisotopic (exact) mass is 222 g/mol. The lowest BCUT2D eigenvalue weighted by molar-refractivity contribution is 0.479. The third-order valence-corrected chi connectivity index (χ3v) is 3.41. The van der Waals surface area contributed by atoms with Crippen LogP contribution in [0, 0.1) is 11.8 Å². The van der Waals surface area contributed by atoms with Crippen LogP contribution in [0.2, 0.25) is 0 Å². The quantitative estimate of drug-likeness (QED) is 0.413. The van der Waals surface area contributed by atoms with Crippen molar-refractivity contribution in [1.82, 2.24) is 0 Å². The van der Waals surface area contributed by atoms with Crippen LogP contribution in [-0.2, 0) is 0 Å². The Balaban J connectivity index is 3.75. The third kappa shape index (κ3) is 7.73. The topological polar surface area (TPSA) is 0 Å². The molecule has 0 aromatic carbocycles. The van der Waals surface area contributed by atoms with Crippen molar-refractivity contribution >= 4 is 0 Å². The fourth-order valence-corrected chi connectivity index (χ4v) is 2.15. The summed E-state index contributed by atoms with van der Waals surface area (Å²) in [5.74, 6) is 1.65. The Hall–Kier alpha value is -0.520. The number of rotatable bonds is 10. The van der Waals surface area contributed by atoms with Crippen molar-refractivity contribution in [1.29, 1.82) is 0 Å². The van der Waals surface area contributed by atoms with Gasteiger partial charge < -0.3 is 0 Å². The average molecular weight is 222 g/mol. The van der Waals surface area contributed by atoms with Gasteiger partial charge in [-0.15, -0.1) is 6.58 Å². The van der Waals surface area contributed by atoms with Crippen molar-refractivity contribution in [3.8, 4) is 0 Å². The van der Waals surface area contributed by atoms with E-state index in [1.807, 2.05) is 0 Å². The first-order valence-electron chi connectivity index (χ1n) is 7.05. The molecule has 0 fully saturated rings. The van der Waals surface area contributed by atoms with Crippen molar-refractivity contribution < 1.29 is 0 Å². The maximum atomic E-state index is 3.82. The van der Waals surface area contributed by atoms with E-state index in [-0.39, 0.29) is 0 Å². The molecule has 0 rings (SSSR count). The third-order valence-electron chi connectivity index (χ3n) is 3.41. The zero-order valence-electron chi connectivity index (χ0n) is 11.5. The van der Waals surface area contributed by atoms with E-state index in [0.29, 0.717) is 0 Å². The fourth-order valence-electron chi connectivity index (χ4n) is 2.15. The normalized spacial score (nSPS) is 15.2. The van der Waals surface area contributed by atoms with E-state index < -0.39 is 0 Å². The van der Waals surface area contributed by atoms with Gasteiger partial charge in [0.1, 0.15) is 0 Å². The number of hydrogen-bond acceptors (Lipinski definition) is 0. The molecule has 0 radical (unpaired) electrons. The summed E-state index contributed by atoms with van der Waals surface area (Å²) in [6, 6.07) is 0. The fraction of sp³-hybridized carbons (Fsp3) is 0.750. The highest BCUT2D eigenvalue weighted by molar-refractivity contribution is 4.88. The first kappa shape index (κ1) is 15.5. The van der Waals surface area contributed by atoms with Gasteiger partial charge in [-0.3, -0.25) is 0 Å². The van der Waals surface area contributed by atoms with Crippen LogP contribution in [0.3, 0.4) is 0 Å². The van der Waals surface area contributed by atoms with E-state index in [9.17, 15) is 0 Å². The van der Waals surface area contributed by atoms with Crippen LogP contribution in [0.5, 0.6) is 0 Å². The lowest BCUT2D eigenvalue weighted by atomic mass is 9.95. The molecule has 0 N–H and O–H groups in total. The Morgan fingerprint density at radius 1 is 1.06 bits per heavy atom. The SMILES string of the molecule is C=CCC(CC)CCC=CC(CC)CCC. The summed E-state index contributed by atoms with van der Waals surface area (Å²) >= 11 is 0. The van der Waals surface area contributed by atoms with Crippen LogP contribution in [0.1, 0.15) is 65.7 Å². The molecule has 0 saturated heterocycles. The molecule has 0 nitrogen and oxygen atoms in total. The summed E-state index contributed by atoms with van der Waals surface area (Å²) in [5, 5.41) is 0. The van der Waals surface area contributed by atoms with E-state index >= 15 is 0 Å². The lowest BCUT2D eigenvalue weighted by Gasteiger charge is -2.11. The van der Waals surface area contributed by atoms with Gasteiger partial charge in [-0.25, -0.2) is 0 Å². The van der Waals surface area contributed by atoms with E-state index in [2.05, 4.69) is 45.6 Å². The molecule has 16 heavy (non-hydrogen) atoms. The average Bonchev–Trinajstić information content (AvgIpc) is 2.31. The predicted octanol–water partition coefficient (Wildman–Crippen LogP) is 5.75. The largest absolute Gasteiger partial charge is 0.103 e. The van der Waals surface area contributed by atoms with E-state index in [1.165, 1.54) is 44.9 Å². The Kier molecular flexibility index (Phi) is 10.6. The van der Waals surface area contributed by atoms with Gasteiger partial charge in [0, 0.05) is 0 Å². The van der Waals surface area contributed by atoms with Crippen molar-refractivity contribution in [2.24, 2.45) is 11.8 Å². The standard InChI is InChI=1S/C16H30/c1-5-11-15(7-3)13-9-10-14-16(8-4)12-6-2/h5,10,14-16H,1,6-9,11-13H2,2-4H3. The van der Waals surface area contributed by atoms with Crippen molar-refractivity contribution in [3.05, 3.63) is 24.8 Å². The van der Waals surface area contributed by atoms with Crippen molar-refractivity contribution in [2.45, 2.75) is 65.7 Å². The summed E-state index contributed by atoms with van der Waals surface area (Å²) in [4.78, 5) is 0. The first-order valence-corrected chi connectivity index (χ1v) is 7.05. The molecule has 0 aliphatic heterocycles. The molecule has 0 aliphatic carbocycles. The van der Waals surface area contributed by atoms with E-state index in [0.717, 1.165) is 11.8 Å². The highest BCUT2D eigenvalue weighted by Crippen LogP contribution is 2.17. The molecule has 2 atom stereocenters. The summed E-state index contributed by atoms with van der Waals surface area (Å²) in [7, 11) is 0. The predicted molar refractivity (Wildman–Crippen MR) is 75.7 cm³/mol. The van der Waals surface area contributed by atoms with Crippen LogP contribution in [0.15, 0.2) is 24.8 Å². The first-order chi connectivity index (χ1) is 7.78. The van der Waals surface area contributed by atoms with Gasteiger partial charge in [0.2, 0.25) is 0 Å². The molecular formula is C16H30. The van der Waals surface area contributed by atoms with Crippen LogP contribution >= 0.6 is 0 Å². The Morgan fingerprint density at radius 3 is 2.31 bits per heavy atom. The van der Waals surface area contributed by atoms with E-state index in [4.69, 9.17) is 0 Å². The minimum atomic E-state index is 0.810. The number of allylic oxidation sites excluding steroid dienone is 3. The molecule has 0 amide bonds. The van der Waals surface area contributed by atoms with Gasteiger partial charge in [0.25, 0.3) is 0 Å². The molecule has 0 aromatic rings. The van der Waals surface area contributed by atoms with Gasteiger partial charge in [-0.2, -0.15) is 0 Å². The van der Waals surface area contributed by atoms with Crippen LogP contribution in [-0.4, -0.2) is 0 Å². The molecule has 94 valence electrons. The zero-order chi connectivity index (χ0) is 12.2. The van der Waals surface area contributed by atoms with Crippen LogP contribution < -0.4 is 0 Å². The smallest absolute Gasteiger partial charge is 0.0236 e. The van der Waals surface area contributed by atoms with Crippen molar-refractivity contribution in [2.75, 3.05) is 0 Å². The minimum absolute atomic E-state index is 0.810. The Morgan fingerprint density at radius 2 is 1.81 bits per heavy atom. The molecule has 0 bridgehead atoms. The second-order valence-electron chi connectivity index (χ2n) is 4.76. The van der Waals surface area contributed by atoms with Crippen LogP contribution in [0.4, 0.5) is 0 Å². The van der Waals surface area contributed by atoms with E-state index in [1.54, 1.807) is 0 Å². The van der Waals surface area contributed by atoms with Crippen LogP contribution in [0.25, 0.3) is 0 Å². The molecule has 0 aromatic heterocycles. The Labute approximate surface area is 103 Å². The minimum Gasteiger partial charge on any atom is -0.103 e. The molecule has 0 spiro atoms. The summed E-state index contributed by atoms with van der Waals surface area (Å²) in [6.07, 6.45) is 15.8. The van der Waals surface area contributed by atoms with Gasteiger partial charge in [-0.1, -0.05) is 51.8 Å². The second kappa shape index (κ2) is 11.0. The second-order valence-corrected chi connectivity index (χ2v) is 4.76. The summed E-state index contributed by atoms with van der Waals surface area (Å²) in [5.41, 5.74) is 0. The molecule has 0 heterocycles. The molecular weight excluding hydrogens is 192 g/mol. The van der Waals surface area contributed by atoms with Gasteiger partial charge in [0.05, 0.1) is 0 Å². The molecule has 0 heteroatoms.